The molecule has 0 radical (unpaired) electrons. The van der Waals surface area contributed by atoms with Crippen molar-refractivity contribution in [1.82, 2.24) is 5.43 Å². The second-order valence-electron chi connectivity index (χ2n) is 4.03. The van der Waals surface area contributed by atoms with Gasteiger partial charge >= 0.3 is 0 Å². The van der Waals surface area contributed by atoms with Crippen molar-refractivity contribution in [1.29, 1.82) is 0 Å². The van der Waals surface area contributed by atoms with Gasteiger partial charge in [-0.2, -0.15) is 5.10 Å². The molecule has 2 aromatic carbocycles. The van der Waals surface area contributed by atoms with Crippen LogP contribution in [0.1, 0.15) is 15.9 Å². The quantitative estimate of drug-likeness (QED) is 0.650. The Morgan fingerprint density at radius 1 is 1.10 bits per heavy atom. The van der Waals surface area contributed by atoms with Crippen LogP contribution in [0.3, 0.4) is 0 Å². The van der Waals surface area contributed by atoms with Crippen molar-refractivity contribution in [3.63, 3.8) is 0 Å². The zero-order valence-corrected chi connectivity index (χ0v) is 12.7. The van der Waals surface area contributed by atoms with Gasteiger partial charge in [0.05, 0.1) is 16.3 Å². The lowest BCUT2D eigenvalue weighted by Gasteiger charge is -2.02. The molecule has 0 spiro atoms. The Morgan fingerprint density at radius 2 is 1.86 bits per heavy atom. The molecule has 1 amide bonds. The number of hydrazone groups is 1. The maximum Gasteiger partial charge on any atom is 0.271 e. The van der Waals surface area contributed by atoms with Crippen molar-refractivity contribution >= 4 is 46.9 Å². The van der Waals surface area contributed by atoms with Gasteiger partial charge in [0, 0.05) is 16.1 Å². The van der Waals surface area contributed by atoms with Crippen molar-refractivity contribution in [2.24, 2.45) is 5.10 Å². The van der Waals surface area contributed by atoms with Crippen molar-refractivity contribution < 1.29 is 9.90 Å². The van der Waals surface area contributed by atoms with Crippen LogP contribution in [-0.4, -0.2) is 17.2 Å². The van der Waals surface area contributed by atoms with Crippen LogP contribution in [0.5, 0.6) is 5.75 Å². The first-order chi connectivity index (χ1) is 9.97. The number of rotatable bonds is 3. The van der Waals surface area contributed by atoms with E-state index in [1.165, 1.54) is 24.4 Å². The molecule has 7 heteroatoms. The maximum atomic E-state index is 11.8. The fraction of sp³-hybridized carbons (Fsp3) is 0. The molecule has 4 nitrogen and oxygen atoms in total. The summed E-state index contributed by atoms with van der Waals surface area (Å²) in [6.07, 6.45) is 1.40. The lowest BCUT2D eigenvalue weighted by Crippen LogP contribution is -2.17. The minimum atomic E-state index is -0.460. The first kappa shape index (κ1) is 15.6. The summed E-state index contributed by atoms with van der Waals surface area (Å²) in [5.41, 5.74) is 3.23. The van der Waals surface area contributed by atoms with Crippen LogP contribution < -0.4 is 5.43 Å². The van der Waals surface area contributed by atoms with Crippen LogP contribution in [-0.2, 0) is 0 Å². The largest absolute Gasteiger partial charge is 0.506 e. The average Bonchev–Trinajstić information content (AvgIpc) is 2.44. The molecular formula is C14H9Cl3N2O2. The van der Waals surface area contributed by atoms with Gasteiger partial charge < -0.3 is 5.11 Å². The van der Waals surface area contributed by atoms with Gasteiger partial charge in [0.2, 0.25) is 0 Å². The Hall–Kier alpha value is -1.75. The summed E-state index contributed by atoms with van der Waals surface area (Å²) in [6, 6.07) is 9.02. The lowest BCUT2D eigenvalue weighted by molar-refractivity contribution is 0.0955. The van der Waals surface area contributed by atoms with Crippen LogP contribution >= 0.6 is 34.8 Å². The second-order valence-corrected chi connectivity index (χ2v) is 5.28. The van der Waals surface area contributed by atoms with Crippen LogP contribution in [0, 0.1) is 0 Å². The highest BCUT2D eigenvalue weighted by Crippen LogP contribution is 2.23. The van der Waals surface area contributed by atoms with Crippen molar-refractivity contribution in [2.75, 3.05) is 0 Å². The molecule has 0 aliphatic heterocycles. The number of phenols is 1. The highest BCUT2D eigenvalue weighted by molar-refractivity contribution is 6.36. The van der Waals surface area contributed by atoms with Gasteiger partial charge in [-0.25, -0.2) is 5.43 Å². The van der Waals surface area contributed by atoms with E-state index in [2.05, 4.69) is 10.5 Å². The Labute approximate surface area is 135 Å². The summed E-state index contributed by atoms with van der Waals surface area (Å²) < 4.78 is 0. The molecule has 2 aromatic rings. The average molecular weight is 344 g/mol. The highest BCUT2D eigenvalue weighted by Gasteiger charge is 2.07. The van der Waals surface area contributed by atoms with E-state index in [4.69, 9.17) is 34.8 Å². The SMILES string of the molecule is O=C(NN=Cc1ccc(Cl)cc1Cl)c1ccc(O)c(Cl)c1. The summed E-state index contributed by atoms with van der Waals surface area (Å²) in [6.45, 7) is 0. The number of amides is 1. The van der Waals surface area contributed by atoms with Crippen molar-refractivity contribution in [2.45, 2.75) is 0 Å². The van der Waals surface area contributed by atoms with E-state index in [-0.39, 0.29) is 16.3 Å². The monoisotopic (exact) mass is 342 g/mol. The number of halogens is 3. The van der Waals surface area contributed by atoms with Gasteiger partial charge in [-0.15, -0.1) is 0 Å². The summed E-state index contributed by atoms with van der Waals surface area (Å²) in [7, 11) is 0. The molecule has 0 unspecified atom stereocenters. The molecule has 0 heterocycles. The molecule has 0 aliphatic carbocycles. The lowest BCUT2D eigenvalue weighted by atomic mass is 10.2. The Bertz CT molecular complexity index is 717. The topological polar surface area (TPSA) is 61.7 Å². The Kier molecular flexibility index (Phi) is 5.07. The molecule has 0 aliphatic rings. The zero-order chi connectivity index (χ0) is 15.4. The molecule has 0 saturated heterocycles. The van der Waals surface area contributed by atoms with E-state index in [0.29, 0.717) is 15.6 Å². The van der Waals surface area contributed by atoms with Crippen LogP contribution in [0.2, 0.25) is 15.1 Å². The van der Waals surface area contributed by atoms with Gasteiger partial charge in [0.1, 0.15) is 5.75 Å². The molecule has 2 N–H and O–H groups in total. The third-order valence-corrected chi connectivity index (χ3v) is 3.41. The molecule has 0 saturated carbocycles. The number of nitrogens with zero attached hydrogens (tertiary/aromatic N) is 1. The minimum Gasteiger partial charge on any atom is -0.506 e. The Balaban J connectivity index is 2.06. The van der Waals surface area contributed by atoms with E-state index < -0.39 is 5.91 Å². The summed E-state index contributed by atoms with van der Waals surface area (Å²) in [4.78, 5) is 11.8. The molecule has 0 atom stereocenters. The molecule has 2 rings (SSSR count). The summed E-state index contributed by atoms with van der Waals surface area (Å²) >= 11 is 17.5. The summed E-state index contributed by atoms with van der Waals surface area (Å²) in [5.74, 6) is -0.553. The van der Waals surface area contributed by atoms with Gasteiger partial charge in [-0.1, -0.05) is 40.9 Å². The van der Waals surface area contributed by atoms with E-state index in [1.807, 2.05) is 0 Å². The van der Waals surface area contributed by atoms with Crippen molar-refractivity contribution in [3.8, 4) is 5.75 Å². The fourth-order valence-electron chi connectivity index (χ4n) is 1.48. The molecule has 0 aromatic heterocycles. The standard InChI is InChI=1S/C14H9Cl3N2O2/c15-10-3-1-9(11(16)6-10)7-18-19-14(21)8-2-4-13(20)12(17)5-8/h1-7,20H,(H,19,21). The number of nitrogens with one attached hydrogen (secondary N) is 1. The predicted octanol–water partition coefficient (Wildman–Crippen LogP) is 4.12. The number of phenolic OH excluding ortho intramolecular Hbond substituents is 1. The van der Waals surface area contributed by atoms with Gasteiger partial charge in [0.25, 0.3) is 5.91 Å². The number of carbonyl (C=O) groups is 1. The molecule has 108 valence electrons. The van der Waals surface area contributed by atoms with Gasteiger partial charge in [-0.05, 0) is 30.3 Å². The van der Waals surface area contributed by atoms with E-state index in [1.54, 1.807) is 18.2 Å². The third kappa shape index (κ3) is 4.11. The van der Waals surface area contributed by atoms with E-state index in [0.717, 1.165) is 0 Å². The third-order valence-electron chi connectivity index (χ3n) is 2.54. The van der Waals surface area contributed by atoms with Crippen LogP contribution in [0.25, 0.3) is 0 Å². The number of aromatic hydroxyl groups is 1. The Morgan fingerprint density at radius 3 is 2.52 bits per heavy atom. The number of hydrogen-bond acceptors (Lipinski definition) is 3. The van der Waals surface area contributed by atoms with Crippen LogP contribution in [0.15, 0.2) is 41.5 Å². The molecule has 0 bridgehead atoms. The second kappa shape index (κ2) is 6.80. The number of hydrogen-bond donors (Lipinski definition) is 2. The van der Waals surface area contributed by atoms with E-state index >= 15 is 0 Å². The minimum absolute atomic E-state index is 0.0902. The smallest absolute Gasteiger partial charge is 0.271 e. The molecule has 21 heavy (non-hydrogen) atoms. The highest BCUT2D eigenvalue weighted by atomic mass is 35.5. The van der Waals surface area contributed by atoms with Gasteiger partial charge in [0.15, 0.2) is 0 Å². The van der Waals surface area contributed by atoms with Crippen molar-refractivity contribution in [3.05, 3.63) is 62.6 Å². The number of benzene rings is 2. The first-order valence-corrected chi connectivity index (χ1v) is 6.88. The zero-order valence-electron chi connectivity index (χ0n) is 10.5. The maximum absolute atomic E-state index is 11.8. The number of carbonyl (C=O) groups excluding carboxylic acids is 1. The van der Waals surface area contributed by atoms with Crippen LogP contribution in [0.4, 0.5) is 0 Å². The fourth-order valence-corrected chi connectivity index (χ4v) is 2.12. The summed E-state index contributed by atoms with van der Waals surface area (Å²) in [5, 5.41) is 14.1. The predicted molar refractivity (Wildman–Crippen MR) is 84.6 cm³/mol. The van der Waals surface area contributed by atoms with Gasteiger partial charge in [-0.3, -0.25) is 4.79 Å². The van der Waals surface area contributed by atoms with E-state index in [9.17, 15) is 9.90 Å². The molecule has 0 fully saturated rings. The first-order valence-electron chi connectivity index (χ1n) is 5.74. The molecular weight excluding hydrogens is 335 g/mol. The normalized spacial score (nSPS) is 10.8.